The normalized spacial score (nSPS) is 10.1. The summed E-state index contributed by atoms with van der Waals surface area (Å²) in [7, 11) is 0. The van der Waals surface area contributed by atoms with Gasteiger partial charge in [0.25, 0.3) is 0 Å². The van der Waals surface area contributed by atoms with Gasteiger partial charge in [-0.15, -0.1) is 35.9 Å². The molecule has 1 nitrogen and oxygen atoms in total. The van der Waals surface area contributed by atoms with Gasteiger partial charge in [-0.25, -0.2) is 0 Å². The van der Waals surface area contributed by atoms with Crippen molar-refractivity contribution in [2.45, 2.75) is 6.92 Å². The van der Waals surface area contributed by atoms with E-state index in [0.717, 1.165) is 16.8 Å². The molecule has 0 spiro atoms. The average molecular weight is 410 g/mol. The molecule has 0 atom stereocenters. The molecule has 1 aromatic heterocycles. The molecule has 3 aromatic rings. The summed E-state index contributed by atoms with van der Waals surface area (Å²) < 4.78 is 0. The smallest absolute Gasteiger partial charge is 0.0597 e. The van der Waals surface area contributed by atoms with Crippen LogP contribution in [0.5, 0.6) is 0 Å². The van der Waals surface area contributed by atoms with E-state index in [9.17, 15) is 0 Å². The number of rotatable bonds is 1. The molecule has 18 heavy (non-hydrogen) atoms. The first kappa shape index (κ1) is 12.9. The molecule has 0 aliphatic carbocycles. The largest absolute Gasteiger partial charge is 0.296 e. The molecule has 0 aliphatic rings. The molecule has 0 unspecified atom stereocenters. The van der Waals surface area contributed by atoms with Crippen LogP contribution in [0, 0.1) is 13.0 Å². The van der Waals surface area contributed by atoms with Gasteiger partial charge in [0.05, 0.1) is 5.52 Å². The molecule has 1 heterocycles. The number of aromatic nitrogens is 1. The molecule has 0 saturated carbocycles. The first-order chi connectivity index (χ1) is 8.34. The van der Waals surface area contributed by atoms with Crippen molar-refractivity contribution in [3.05, 3.63) is 66.2 Å². The zero-order valence-electron chi connectivity index (χ0n) is 9.98. The van der Waals surface area contributed by atoms with Crippen molar-refractivity contribution in [3.63, 3.8) is 0 Å². The average Bonchev–Trinajstić information content (AvgIpc) is 2.40. The van der Waals surface area contributed by atoms with Crippen LogP contribution in [-0.4, -0.2) is 4.98 Å². The van der Waals surface area contributed by atoms with Crippen LogP contribution < -0.4 is 0 Å². The second kappa shape index (κ2) is 5.43. The van der Waals surface area contributed by atoms with Gasteiger partial charge in [-0.2, -0.15) is 0 Å². The van der Waals surface area contributed by atoms with Crippen LogP contribution in [0.1, 0.15) is 5.56 Å². The molecule has 2 aromatic carbocycles. The molecular formula is C16H12IrN-. The first-order valence-electron chi connectivity index (χ1n) is 5.68. The summed E-state index contributed by atoms with van der Waals surface area (Å²) in [6.45, 7) is 2.12. The van der Waals surface area contributed by atoms with Gasteiger partial charge >= 0.3 is 0 Å². The van der Waals surface area contributed by atoms with Gasteiger partial charge in [-0.3, -0.25) is 4.98 Å². The van der Waals surface area contributed by atoms with E-state index in [1.807, 2.05) is 36.4 Å². The Morgan fingerprint density at radius 3 is 2.56 bits per heavy atom. The van der Waals surface area contributed by atoms with E-state index in [4.69, 9.17) is 0 Å². The Balaban J connectivity index is 0.00000120. The third-order valence-electron chi connectivity index (χ3n) is 2.91. The molecule has 91 valence electrons. The second-order valence-electron chi connectivity index (χ2n) is 4.12. The summed E-state index contributed by atoms with van der Waals surface area (Å²) >= 11 is 0. The number of hydrogen-bond donors (Lipinski definition) is 0. The number of aryl methyl sites for hydroxylation is 1. The minimum absolute atomic E-state index is 0. The van der Waals surface area contributed by atoms with Gasteiger partial charge < -0.3 is 0 Å². The molecule has 0 N–H and O–H groups in total. The van der Waals surface area contributed by atoms with E-state index in [2.05, 4.69) is 36.2 Å². The molecule has 0 aliphatic heterocycles. The second-order valence-corrected chi connectivity index (χ2v) is 4.12. The topological polar surface area (TPSA) is 12.9 Å². The summed E-state index contributed by atoms with van der Waals surface area (Å²) in [6, 6.07) is 21.5. The number of pyridine rings is 1. The van der Waals surface area contributed by atoms with E-state index in [0.29, 0.717) is 0 Å². The van der Waals surface area contributed by atoms with Gasteiger partial charge in [0.1, 0.15) is 0 Å². The molecule has 3 rings (SSSR count). The molecule has 0 amide bonds. The monoisotopic (exact) mass is 411 g/mol. The minimum Gasteiger partial charge on any atom is -0.296 e. The quantitative estimate of drug-likeness (QED) is 0.553. The summed E-state index contributed by atoms with van der Waals surface area (Å²) in [5, 5.41) is 1.21. The van der Waals surface area contributed by atoms with Crippen molar-refractivity contribution in [2.75, 3.05) is 0 Å². The van der Waals surface area contributed by atoms with Gasteiger partial charge in [-0.1, -0.05) is 24.3 Å². The molecular weight excluding hydrogens is 398 g/mol. The maximum atomic E-state index is 4.68. The first-order valence-corrected chi connectivity index (χ1v) is 5.68. The van der Waals surface area contributed by atoms with Crippen molar-refractivity contribution in [1.29, 1.82) is 0 Å². The molecule has 2 heteroatoms. The Labute approximate surface area is 120 Å². The standard InChI is InChI=1S/C16H12N.Ir/c1-12-11-16(13-7-3-2-4-8-13)17-15-10-6-5-9-14(12)15;/h2-7,9-11H,1H3;/q-1;. The van der Waals surface area contributed by atoms with E-state index in [1.165, 1.54) is 10.9 Å². The van der Waals surface area contributed by atoms with Crippen LogP contribution in [0.4, 0.5) is 0 Å². The fourth-order valence-electron chi connectivity index (χ4n) is 2.04. The Morgan fingerprint density at radius 2 is 1.78 bits per heavy atom. The fraction of sp³-hybridized carbons (Fsp3) is 0.0625. The Kier molecular flexibility index (Phi) is 3.90. The summed E-state index contributed by atoms with van der Waals surface area (Å²) in [6.07, 6.45) is 0. The van der Waals surface area contributed by atoms with Crippen LogP contribution in [0.2, 0.25) is 0 Å². The van der Waals surface area contributed by atoms with E-state index in [1.54, 1.807) is 0 Å². The van der Waals surface area contributed by atoms with Crippen molar-refractivity contribution in [1.82, 2.24) is 4.98 Å². The van der Waals surface area contributed by atoms with Crippen molar-refractivity contribution in [3.8, 4) is 11.3 Å². The number of benzene rings is 2. The predicted molar refractivity (Wildman–Crippen MR) is 70.8 cm³/mol. The Hall–Kier alpha value is -1.50. The maximum absolute atomic E-state index is 4.68. The van der Waals surface area contributed by atoms with Crippen LogP contribution in [0.15, 0.2) is 54.6 Å². The molecule has 0 bridgehead atoms. The molecule has 0 saturated heterocycles. The summed E-state index contributed by atoms with van der Waals surface area (Å²) in [5.74, 6) is 0. The van der Waals surface area contributed by atoms with Gasteiger partial charge in [0, 0.05) is 25.5 Å². The zero-order valence-corrected chi connectivity index (χ0v) is 12.4. The predicted octanol–water partition coefficient (Wildman–Crippen LogP) is 4.01. The molecule has 0 fully saturated rings. The van der Waals surface area contributed by atoms with Crippen molar-refractivity contribution >= 4 is 10.9 Å². The minimum atomic E-state index is 0. The molecule has 1 radical (unpaired) electrons. The Bertz CT molecular complexity index is 662. The van der Waals surface area contributed by atoms with E-state index >= 15 is 0 Å². The van der Waals surface area contributed by atoms with Gasteiger partial charge in [0.15, 0.2) is 0 Å². The van der Waals surface area contributed by atoms with Gasteiger partial charge in [0.2, 0.25) is 0 Å². The number of nitrogens with zero attached hydrogens (tertiary/aromatic N) is 1. The van der Waals surface area contributed by atoms with Crippen molar-refractivity contribution in [2.24, 2.45) is 0 Å². The number of hydrogen-bond acceptors (Lipinski definition) is 1. The Morgan fingerprint density at radius 1 is 1.00 bits per heavy atom. The van der Waals surface area contributed by atoms with E-state index < -0.39 is 0 Å². The zero-order chi connectivity index (χ0) is 11.7. The summed E-state index contributed by atoms with van der Waals surface area (Å²) in [5.41, 5.74) is 4.32. The fourth-order valence-corrected chi connectivity index (χ4v) is 2.04. The third-order valence-corrected chi connectivity index (χ3v) is 2.91. The maximum Gasteiger partial charge on any atom is 0.0597 e. The van der Waals surface area contributed by atoms with Crippen molar-refractivity contribution < 1.29 is 20.1 Å². The number of para-hydroxylation sites is 1. The number of fused-ring (bicyclic) bond motifs is 1. The van der Waals surface area contributed by atoms with Crippen LogP contribution in [0.25, 0.3) is 22.2 Å². The van der Waals surface area contributed by atoms with Crippen LogP contribution in [-0.2, 0) is 20.1 Å². The van der Waals surface area contributed by atoms with Gasteiger partial charge in [-0.05, 0) is 24.2 Å². The van der Waals surface area contributed by atoms with E-state index in [-0.39, 0.29) is 20.1 Å². The van der Waals surface area contributed by atoms with Crippen LogP contribution >= 0.6 is 0 Å². The summed E-state index contributed by atoms with van der Waals surface area (Å²) in [4.78, 5) is 4.68. The third kappa shape index (κ3) is 2.35. The van der Waals surface area contributed by atoms with Crippen LogP contribution in [0.3, 0.4) is 0 Å². The SMILES string of the molecule is Cc1cc(-c2[c-]cccc2)nc2ccccc12.[Ir].